The van der Waals surface area contributed by atoms with Crippen molar-refractivity contribution in [3.05, 3.63) is 0 Å². The molecule has 1 aliphatic rings. The maximum absolute atomic E-state index is 11.6. The number of amides is 2. The fourth-order valence-electron chi connectivity index (χ4n) is 1.75. The molecule has 1 saturated heterocycles. The number of rotatable bonds is 5. The monoisotopic (exact) mass is 228 g/mol. The molecule has 2 amide bonds. The van der Waals surface area contributed by atoms with Gasteiger partial charge in [0.05, 0.1) is 12.0 Å². The SMILES string of the molecule is CCC(O)CCNC(=O)C1CC(=O)N(C)C1. The fraction of sp³-hybridized carbons (Fsp3) is 0.818. The third-order valence-corrected chi connectivity index (χ3v) is 2.96. The number of aliphatic hydroxyl groups is 1. The molecule has 0 aliphatic carbocycles. The summed E-state index contributed by atoms with van der Waals surface area (Å²) in [6.07, 6.45) is 1.21. The van der Waals surface area contributed by atoms with Gasteiger partial charge in [0.2, 0.25) is 11.8 Å². The first kappa shape index (κ1) is 13.0. The number of carbonyl (C=O) groups is 2. The molecule has 2 atom stereocenters. The van der Waals surface area contributed by atoms with Gasteiger partial charge in [-0.15, -0.1) is 0 Å². The minimum atomic E-state index is -0.354. The second kappa shape index (κ2) is 5.84. The zero-order chi connectivity index (χ0) is 12.1. The molecule has 0 spiro atoms. The number of likely N-dealkylation sites (tertiary alicyclic amines) is 1. The van der Waals surface area contributed by atoms with Gasteiger partial charge in [-0.05, 0) is 12.8 Å². The van der Waals surface area contributed by atoms with E-state index in [1.54, 1.807) is 11.9 Å². The molecule has 92 valence electrons. The summed E-state index contributed by atoms with van der Waals surface area (Å²) in [5.74, 6) is -0.286. The predicted molar refractivity (Wildman–Crippen MR) is 59.7 cm³/mol. The number of hydrogen-bond donors (Lipinski definition) is 2. The highest BCUT2D eigenvalue weighted by molar-refractivity contribution is 5.89. The van der Waals surface area contributed by atoms with Crippen LogP contribution in [0.15, 0.2) is 0 Å². The van der Waals surface area contributed by atoms with Crippen LogP contribution >= 0.6 is 0 Å². The molecule has 1 rings (SSSR count). The van der Waals surface area contributed by atoms with Crippen molar-refractivity contribution in [1.82, 2.24) is 10.2 Å². The molecule has 0 bridgehead atoms. The highest BCUT2D eigenvalue weighted by Gasteiger charge is 2.31. The summed E-state index contributed by atoms with van der Waals surface area (Å²) in [4.78, 5) is 24.4. The van der Waals surface area contributed by atoms with Gasteiger partial charge in [-0.25, -0.2) is 0 Å². The van der Waals surface area contributed by atoms with E-state index in [0.29, 0.717) is 32.4 Å². The van der Waals surface area contributed by atoms with Gasteiger partial charge >= 0.3 is 0 Å². The Morgan fingerprint density at radius 3 is 2.88 bits per heavy atom. The zero-order valence-electron chi connectivity index (χ0n) is 9.90. The molecule has 2 unspecified atom stereocenters. The van der Waals surface area contributed by atoms with Crippen molar-refractivity contribution in [2.75, 3.05) is 20.1 Å². The van der Waals surface area contributed by atoms with E-state index >= 15 is 0 Å². The third-order valence-electron chi connectivity index (χ3n) is 2.96. The average Bonchev–Trinajstić information content (AvgIpc) is 2.59. The molecule has 5 nitrogen and oxygen atoms in total. The van der Waals surface area contributed by atoms with Crippen molar-refractivity contribution in [2.24, 2.45) is 5.92 Å². The third kappa shape index (κ3) is 3.48. The molecular formula is C11H20N2O3. The number of nitrogens with zero attached hydrogens (tertiary/aromatic N) is 1. The Bertz CT molecular complexity index is 268. The van der Waals surface area contributed by atoms with Crippen LogP contribution in [0.1, 0.15) is 26.2 Å². The molecule has 0 aromatic carbocycles. The summed E-state index contributed by atoms with van der Waals surface area (Å²) in [7, 11) is 1.70. The Morgan fingerprint density at radius 2 is 2.38 bits per heavy atom. The highest BCUT2D eigenvalue weighted by Crippen LogP contribution is 2.15. The van der Waals surface area contributed by atoms with Crippen LogP contribution < -0.4 is 5.32 Å². The van der Waals surface area contributed by atoms with E-state index in [1.165, 1.54) is 0 Å². The Balaban J connectivity index is 2.23. The van der Waals surface area contributed by atoms with Gasteiger partial charge in [0.1, 0.15) is 0 Å². The lowest BCUT2D eigenvalue weighted by Gasteiger charge is -2.12. The van der Waals surface area contributed by atoms with Gasteiger partial charge in [0.15, 0.2) is 0 Å². The maximum Gasteiger partial charge on any atom is 0.225 e. The lowest BCUT2D eigenvalue weighted by Crippen LogP contribution is -2.34. The van der Waals surface area contributed by atoms with E-state index in [4.69, 9.17) is 0 Å². The lowest BCUT2D eigenvalue weighted by molar-refractivity contribution is -0.128. The zero-order valence-corrected chi connectivity index (χ0v) is 9.90. The standard InChI is InChI=1S/C11H20N2O3/c1-3-9(14)4-5-12-11(16)8-6-10(15)13(2)7-8/h8-9,14H,3-7H2,1-2H3,(H,12,16). The van der Waals surface area contributed by atoms with Crippen LogP contribution in [0.3, 0.4) is 0 Å². The molecule has 1 fully saturated rings. The van der Waals surface area contributed by atoms with Crippen LogP contribution in [0.2, 0.25) is 0 Å². The lowest BCUT2D eigenvalue weighted by atomic mass is 10.1. The molecule has 1 heterocycles. The molecule has 5 heteroatoms. The Labute approximate surface area is 95.8 Å². The van der Waals surface area contributed by atoms with Crippen molar-refractivity contribution in [3.63, 3.8) is 0 Å². The highest BCUT2D eigenvalue weighted by atomic mass is 16.3. The quantitative estimate of drug-likeness (QED) is 0.681. The van der Waals surface area contributed by atoms with Crippen LogP contribution in [0.5, 0.6) is 0 Å². The number of carbonyl (C=O) groups excluding carboxylic acids is 2. The van der Waals surface area contributed by atoms with Crippen LogP contribution in [-0.2, 0) is 9.59 Å². The second-order valence-corrected chi connectivity index (χ2v) is 4.32. The molecule has 0 aromatic rings. The van der Waals surface area contributed by atoms with Gasteiger partial charge in [-0.3, -0.25) is 9.59 Å². The fourth-order valence-corrected chi connectivity index (χ4v) is 1.75. The molecule has 2 N–H and O–H groups in total. The first-order valence-corrected chi connectivity index (χ1v) is 5.74. The summed E-state index contributed by atoms with van der Waals surface area (Å²) in [5, 5.41) is 12.1. The van der Waals surface area contributed by atoms with Crippen molar-refractivity contribution < 1.29 is 14.7 Å². The summed E-state index contributed by atoms with van der Waals surface area (Å²) in [6, 6.07) is 0. The van der Waals surface area contributed by atoms with E-state index in [9.17, 15) is 14.7 Å². The smallest absolute Gasteiger partial charge is 0.225 e. The van der Waals surface area contributed by atoms with Gasteiger partial charge < -0.3 is 15.3 Å². The van der Waals surface area contributed by atoms with E-state index in [-0.39, 0.29) is 23.8 Å². The maximum atomic E-state index is 11.6. The van der Waals surface area contributed by atoms with Crippen molar-refractivity contribution in [2.45, 2.75) is 32.3 Å². The summed E-state index contributed by atoms with van der Waals surface area (Å²) >= 11 is 0. The van der Waals surface area contributed by atoms with E-state index in [1.807, 2.05) is 6.92 Å². The van der Waals surface area contributed by atoms with Gasteiger partial charge in [-0.1, -0.05) is 6.92 Å². The molecule has 1 aliphatic heterocycles. The first-order valence-electron chi connectivity index (χ1n) is 5.74. The molecule has 0 aromatic heterocycles. The van der Waals surface area contributed by atoms with Crippen molar-refractivity contribution in [1.29, 1.82) is 0 Å². The van der Waals surface area contributed by atoms with Crippen LogP contribution in [0.25, 0.3) is 0 Å². The Kier molecular flexibility index (Phi) is 4.73. The van der Waals surface area contributed by atoms with Crippen LogP contribution in [-0.4, -0.2) is 48.1 Å². The minimum Gasteiger partial charge on any atom is -0.393 e. The van der Waals surface area contributed by atoms with Crippen molar-refractivity contribution in [3.8, 4) is 0 Å². The number of hydrogen-bond acceptors (Lipinski definition) is 3. The normalized spacial score (nSPS) is 22.3. The minimum absolute atomic E-state index is 0.0220. The van der Waals surface area contributed by atoms with Crippen LogP contribution in [0.4, 0.5) is 0 Å². The molecule has 0 radical (unpaired) electrons. The topological polar surface area (TPSA) is 69.6 Å². The van der Waals surface area contributed by atoms with E-state index < -0.39 is 0 Å². The number of aliphatic hydroxyl groups excluding tert-OH is 1. The predicted octanol–water partition coefficient (Wildman–Crippen LogP) is -0.258. The largest absolute Gasteiger partial charge is 0.393 e. The van der Waals surface area contributed by atoms with E-state index in [2.05, 4.69) is 5.32 Å². The average molecular weight is 228 g/mol. The second-order valence-electron chi connectivity index (χ2n) is 4.32. The van der Waals surface area contributed by atoms with Gasteiger partial charge in [0.25, 0.3) is 0 Å². The van der Waals surface area contributed by atoms with E-state index in [0.717, 1.165) is 0 Å². The van der Waals surface area contributed by atoms with Crippen LogP contribution in [0, 0.1) is 5.92 Å². The number of nitrogens with one attached hydrogen (secondary N) is 1. The van der Waals surface area contributed by atoms with Gasteiger partial charge in [0, 0.05) is 26.6 Å². The summed E-state index contributed by atoms with van der Waals surface area (Å²) in [5.41, 5.74) is 0. The molecule has 16 heavy (non-hydrogen) atoms. The Morgan fingerprint density at radius 1 is 1.69 bits per heavy atom. The first-order chi connectivity index (χ1) is 7.54. The van der Waals surface area contributed by atoms with Gasteiger partial charge in [-0.2, -0.15) is 0 Å². The summed E-state index contributed by atoms with van der Waals surface area (Å²) < 4.78 is 0. The van der Waals surface area contributed by atoms with Crippen molar-refractivity contribution >= 4 is 11.8 Å². The summed E-state index contributed by atoms with van der Waals surface area (Å²) in [6.45, 7) is 2.88. The Hall–Kier alpha value is -1.10. The molecular weight excluding hydrogens is 208 g/mol. The molecule has 0 saturated carbocycles.